The maximum absolute atomic E-state index is 13.3. The summed E-state index contributed by atoms with van der Waals surface area (Å²) in [5, 5.41) is 4.59. The van der Waals surface area contributed by atoms with Gasteiger partial charge in [0.2, 0.25) is 0 Å². The second-order valence-electron chi connectivity index (χ2n) is 7.89. The van der Waals surface area contributed by atoms with Crippen LogP contribution in [0.5, 0.6) is 0 Å². The fourth-order valence-corrected chi connectivity index (χ4v) is 4.47. The lowest BCUT2D eigenvalue weighted by Crippen LogP contribution is -2.45. The van der Waals surface area contributed by atoms with Gasteiger partial charge in [-0.15, -0.1) is 0 Å². The molecule has 5 heteroatoms. The van der Waals surface area contributed by atoms with Crippen molar-refractivity contribution in [1.82, 2.24) is 19.6 Å². The van der Waals surface area contributed by atoms with Crippen LogP contribution in [0, 0.1) is 0 Å². The maximum Gasteiger partial charge on any atom is 0.272 e. The number of carbonyl (C=O) groups excluding carboxylic acids is 1. The molecule has 1 amide bonds. The van der Waals surface area contributed by atoms with Crippen LogP contribution in [0.4, 0.5) is 0 Å². The number of hydrogen-bond acceptors (Lipinski definition) is 3. The molecule has 2 aromatic rings. The Morgan fingerprint density at radius 3 is 2.59 bits per heavy atom. The average Bonchev–Trinajstić information content (AvgIpc) is 3.36. The van der Waals surface area contributed by atoms with Crippen LogP contribution in [0.1, 0.15) is 49.0 Å². The third kappa shape index (κ3) is 4.08. The molecule has 0 spiro atoms. The Morgan fingerprint density at radius 1 is 1.07 bits per heavy atom. The Balaban J connectivity index is 1.49. The highest BCUT2D eigenvalue weighted by Gasteiger charge is 2.30. The Kier molecular flexibility index (Phi) is 5.58. The molecule has 2 saturated heterocycles. The number of aryl methyl sites for hydroxylation is 1. The van der Waals surface area contributed by atoms with Gasteiger partial charge in [-0.05, 0) is 57.7 Å². The van der Waals surface area contributed by atoms with E-state index in [4.69, 9.17) is 0 Å². The minimum Gasteiger partial charge on any atom is -0.334 e. The first-order valence-corrected chi connectivity index (χ1v) is 10.3. The number of carbonyl (C=O) groups is 1. The summed E-state index contributed by atoms with van der Waals surface area (Å²) < 4.78 is 1.75. The molecule has 0 bridgehead atoms. The molecular formula is C22H30N4O. The molecular weight excluding hydrogens is 336 g/mol. The van der Waals surface area contributed by atoms with Gasteiger partial charge in [0.15, 0.2) is 0 Å². The van der Waals surface area contributed by atoms with Crippen LogP contribution in [0.25, 0.3) is 11.3 Å². The number of benzene rings is 1. The van der Waals surface area contributed by atoms with E-state index in [2.05, 4.69) is 14.9 Å². The van der Waals surface area contributed by atoms with Crippen molar-refractivity contribution in [3.63, 3.8) is 0 Å². The summed E-state index contributed by atoms with van der Waals surface area (Å²) >= 11 is 0. The van der Waals surface area contributed by atoms with E-state index in [1.165, 1.54) is 32.4 Å². The van der Waals surface area contributed by atoms with Crippen molar-refractivity contribution < 1.29 is 4.79 Å². The molecule has 2 aliphatic rings. The molecule has 5 nitrogen and oxygen atoms in total. The van der Waals surface area contributed by atoms with Crippen molar-refractivity contribution in [3.8, 4) is 11.3 Å². The first-order valence-electron chi connectivity index (χ1n) is 10.3. The van der Waals surface area contributed by atoms with Crippen LogP contribution >= 0.6 is 0 Å². The molecule has 3 heterocycles. The zero-order valence-electron chi connectivity index (χ0n) is 16.3. The predicted octanol–water partition coefficient (Wildman–Crippen LogP) is 3.57. The second kappa shape index (κ2) is 8.26. The topological polar surface area (TPSA) is 41.4 Å². The summed E-state index contributed by atoms with van der Waals surface area (Å²) in [6, 6.07) is 12.4. The van der Waals surface area contributed by atoms with Gasteiger partial charge in [-0.2, -0.15) is 5.10 Å². The molecule has 1 aromatic heterocycles. The lowest BCUT2D eigenvalue weighted by molar-refractivity contribution is 0.0576. The van der Waals surface area contributed by atoms with E-state index in [9.17, 15) is 4.79 Å². The summed E-state index contributed by atoms with van der Waals surface area (Å²) in [5.41, 5.74) is 2.62. The third-order valence-electron chi connectivity index (χ3n) is 6.03. The van der Waals surface area contributed by atoms with E-state index in [0.717, 1.165) is 43.6 Å². The molecule has 2 fully saturated rings. The summed E-state index contributed by atoms with van der Waals surface area (Å²) in [6.45, 7) is 4.44. The highest BCUT2D eigenvalue weighted by atomic mass is 16.2. The van der Waals surface area contributed by atoms with Gasteiger partial charge in [-0.3, -0.25) is 9.48 Å². The number of amides is 1. The van der Waals surface area contributed by atoms with Crippen LogP contribution in [-0.2, 0) is 7.05 Å². The normalized spacial score (nSPS) is 20.9. The van der Waals surface area contributed by atoms with Gasteiger partial charge in [0.1, 0.15) is 5.69 Å². The van der Waals surface area contributed by atoms with Gasteiger partial charge in [0.05, 0.1) is 5.69 Å². The molecule has 0 N–H and O–H groups in total. The first kappa shape index (κ1) is 18.2. The molecule has 4 rings (SSSR count). The zero-order valence-corrected chi connectivity index (χ0v) is 16.3. The van der Waals surface area contributed by atoms with Crippen LogP contribution in [0.2, 0.25) is 0 Å². The van der Waals surface area contributed by atoms with Crippen LogP contribution in [0.15, 0.2) is 36.4 Å². The predicted molar refractivity (Wildman–Crippen MR) is 108 cm³/mol. The van der Waals surface area contributed by atoms with Crippen molar-refractivity contribution in [1.29, 1.82) is 0 Å². The van der Waals surface area contributed by atoms with Crippen molar-refractivity contribution >= 4 is 5.91 Å². The van der Waals surface area contributed by atoms with Crippen molar-refractivity contribution in [2.24, 2.45) is 7.05 Å². The summed E-state index contributed by atoms with van der Waals surface area (Å²) in [6.07, 6.45) is 7.21. The number of likely N-dealkylation sites (tertiary alicyclic amines) is 2. The third-order valence-corrected chi connectivity index (χ3v) is 6.03. The molecule has 1 atom stereocenters. The number of piperidine rings is 1. The summed E-state index contributed by atoms with van der Waals surface area (Å²) in [7, 11) is 1.88. The summed E-state index contributed by atoms with van der Waals surface area (Å²) in [5.74, 6) is 0.137. The molecule has 0 unspecified atom stereocenters. The molecule has 0 saturated carbocycles. The lowest BCUT2D eigenvalue weighted by Gasteiger charge is -2.36. The van der Waals surface area contributed by atoms with Crippen LogP contribution < -0.4 is 0 Å². The molecule has 144 valence electrons. The van der Waals surface area contributed by atoms with Gasteiger partial charge in [-0.25, -0.2) is 0 Å². The van der Waals surface area contributed by atoms with E-state index in [-0.39, 0.29) is 5.91 Å². The first-order chi connectivity index (χ1) is 13.2. The van der Waals surface area contributed by atoms with Crippen LogP contribution in [0.3, 0.4) is 0 Å². The van der Waals surface area contributed by atoms with E-state index in [0.29, 0.717) is 11.7 Å². The molecule has 0 radical (unpaired) electrons. The monoisotopic (exact) mass is 366 g/mol. The van der Waals surface area contributed by atoms with E-state index >= 15 is 0 Å². The number of rotatable bonds is 5. The fraction of sp³-hybridized carbons (Fsp3) is 0.545. The molecule has 27 heavy (non-hydrogen) atoms. The number of aromatic nitrogens is 2. The molecule has 2 aliphatic heterocycles. The lowest BCUT2D eigenvalue weighted by atomic mass is 9.98. The van der Waals surface area contributed by atoms with E-state index in [1.807, 2.05) is 43.4 Å². The van der Waals surface area contributed by atoms with Gasteiger partial charge in [0.25, 0.3) is 5.91 Å². The Morgan fingerprint density at radius 2 is 1.81 bits per heavy atom. The standard InChI is InChI=1S/C22H30N4O/c1-24-21(17-20(23-24)18-9-3-2-4-10-18)22(27)26-15-6-5-11-19(26)12-16-25-13-7-8-14-25/h2-4,9-10,17,19H,5-8,11-16H2,1H3/t19-/m1/s1. The Bertz CT molecular complexity index is 764. The second-order valence-corrected chi connectivity index (χ2v) is 7.89. The maximum atomic E-state index is 13.3. The zero-order chi connectivity index (χ0) is 18.6. The van der Waals surface area contributed by atoms with E-state index < -0.39 is 0 Å². The van der Waals surface area contributed by atoms with Gasteiger partial charge < -0.3 is 9.80 Å². The van der Waals surface area contributed by atoms with Crippen molar-refractivity contribution in [3.05, 3.63) is 42.1 Å². The minimum absolute atomic E-state index is 0.137. The van der Waals surface area contributed by atoms with Gasteiger partial charge >= 0.3 is 0 Å². The van der Waals surface area contributed by atoms with Crippen LogP contribution in [-0.4, -0.2) is 57.7 Å². The fourth-order valence-electron chi connectivity index (χ4n) is 4.47. The van der Waals surface area contributed by atoms with Crippen molar-refractivity contribution in [2.75, 3.05) is 26.2 Å². The van der Waals surface area contributed by atoms with Gasteiger partial charge in [-0.1, -0.05) is 30.3 Å². The van der Waals surface area contributed by atoms with E-state index in [1.54, 1.807) is 4.68 Å². The quantitative estimate of drug-likeness (QED) is 0.812. The Labute approximate surface area is 162 Å². The molecule has 0 aliphatic carbocycles. The smallest absolute Gasteiger partial charge is 0.272 e. The summed E-state index contributed by atoms with van der Waals surface area (Å²) in [4.78, 5) is 18.0. The average molecular weight is 367 g/mol. The largest absolute Gasteiger partial charge is 0.334 e. The number of nitrogens with zero attached hydrogens (tertiary/aromatic N) is 4. The highest BCUT2D eigenvalue weighted by Crippen LogP contribution is 2.25. The van der Waals surface area contributed by atoms with Crippen molar-refractivity contribution in [2.45, 2.75) is 44.6 Å². The minimum atomic E-state index is 0.137. The number of hydrogen-bond donors (Lipinski definition) is 0. The SMILES string of the molecule is Cn1nc(-c2ccccc2)cc1C(=O)N1CCCC[C@@H]1CCN1CCCC1. The molecule has 1 aromatic carbocycles. The Hall–Kier alpha value is -2.14. The van der Waals surface area contributed by atoms with Gasteiger partial charge in [0, 0.05) is 31.7 Å². The highest BCUT2D eigenvalue weighted by molar-refractivity contribution is 5.94.